The molecular weight excluding hydrogens is 380 g/mol. The Balaban J connectivity index is 1.60. The summed E-state index contributed by atoms with van der Waals surface area (Å²) >= 11 is 0. The summed E-state index contributed by atoms with van der Waals surface area (Å²) in [7, 11) is 1.60. The highest BCUT2D eigenvalue weighted by molar-refractivity contribution is 6.23. The van der Waals surface area contributed by atoms with Crippen molar-refractivity contribution in [2.24, 2.45) is 5.92 Å². The summed E-state index contributed by atoms with van der Waals surface area (Å²) in [6.07, 6.45) is -0.880. The highest BCUT2D eigenvalue weighted by Crippen LogP contribution is 2.47. The van der Waals surface area contributed by atoms with Crippen LogP contribution in [0.25, 0.3) is 0 Å². The molecule has 0 radical (unpaired) electrons. The van der Waals surface area contributed by atoms with Gasteiger partial charge in [0, 0.05) is 0 Å². The Hall–Kier alpha value is -3.64. The van der Waals surface area contributed by atoms with Crippen LogP contribution in [0.15, 0.2) is 84.9 Å². The zero-order chi connectivity index (χ0) is 20.7. The smallest absolute Gasteiger partial charge is 0.266 e. The third-order valence-electron chi connectivity index (χ3n) is 5.58. The van der Waals surface area contributed by atoms with Gasteiger partial charge in [-0.15, -0.1) is 0 Å². The number of imide groups is 1. The van der Waals surface area contributed by atoms with E-state index < -0.39 is 18.1 Å². The van der Waals surface area contributed by atoms with Gasteiger partial charge in [0.25, 0.3) is 5.91 Å². The van der Waals surface area contributed by atoms with Crippen LogP contribution in [0.3, 0.4) is 0 Å². The first-order valence-corrected chi connectivity index (χ1v) is 9.77. The number of fused-ring (bicyclic) bond motifs is 1. The van der Waals surface area contributed by atoms with Crippen molar-refractivity contribution in [2.45, 2.75) is 12.1 Å². The second kappa shape index (κ2) is 7.31. The van der Waals surface area contributed by atoms with Crippen LogP contribution in [-0.2, 0) is 14.4 Å². The Kier molecular flexibility index (Phi) is 4.48. The molecule has 2 amide bonds. The maximum atomic E-state index is 13.5. The van der Waals surface area contributed by atoms with E-state index in [1.165, 1.54) is 4.90 Å². The normalized spacial score (nSPS) is 23.0. The lowest BCUT2D eigenvalue weighted by Crippen LogP contribution is -2.37. The molecular formula is C24H20N2O4. The number of benzene rings is 3. The number of carbonyl (C=O) groups is 2. The molecule has 30 heavy (non-hydrogen) atoms. The van der Waals surface area contributed by atoms with Crippen molar-refractivity contribution >= 4 is 23.2 Å². The molecule has 3 aromatic rings. The molecule has 5 rings (SSSR count). The topological polar surface area (TPSA) is 59.1 Å². The number of para-hydroxylation sites is 2. The van der Waals surface area contributed by atoms with Crippen molar-refractivity contribution in [3.8, 4) is 5.75 Å². The number of ether oxygens (including phenoxy) is 1. The maximum Gasteiger partial charge on any atom is 0.266 e. The second-order valence-electron chi connectivity index (χ2n) is 7.28. The van der Waals surface area contributed by atoms with E-state index in [0.717, 1.165) is 11.3 Å². The number of nitrogens with zero attached hydrogens (tertiary/aromatic N) is 2. The molecule has 3 aromatic carbocycles. The molecule has 0 N–H and O–H groups in total. The maximum absolute atomic E-state index is 13.5. The van der Waals surface area contributed by atoms with E-state index in [0.29, 0.717) is 11.4 Å². The van der Waals surface area contributed by atoms with Crippen molar-refractivity contribution in [1.82, 2.24) is 0 Å². The third-order valence-corrected chi connectivity index (χ3v) is 5.58. The van der Waals surface area contributed by atoms with Crippen LogP contribution in [-0.4, -0.2) is 25.0 Å². The standard InChI is InChI=1S/C24H20N2O4/c1-29-19-14-8-9-16(15-19)21-20-22(30-26(21)18-12-6-3-7-13-18)24(28)25(23(20)27)17-10-4-2-5-11-17/h2-15,20-22H,1H3/t20-,21+,22-/m1/s1. The number of hydrogen-bond acceptors (Lipinski definition) is 5. The SMILES string of the molecule is COc1cccc([C@H]2[C@H]3C(=O)N(c4ccccc4)C(=O)[C@@H]3ON2c2ccccc2)c1. The average Bonchev–Trinajstić information content (AvgIpc) is 3.31. The number of amides is 2. The van der Waals surface area contributed by atoms with Crippen molar-refractivity contribution in [3.63, 3.8) is 0 Å². The Bertz CT molecular complexity index is 1090. The van der Waals surface area contributed by atoms with Gasteiger partial charge >= 0.3 is 0 Å². The zero-order valence-corrected chi connectivity index (χ0v) is 16.3. The molecule has 0 aliphatic carbocycles. The molecule has 0 unspecified atom stereocenters. The van der Waals surface area contributed by atoms with Gasteiger partial charge in [-0.1, -0.05) is 48.5 Å². The Labute approximate surface area is 174 Å². The van der Waals surface area contributed by atoms with E-state index in [4.69, 9.17) is 9.57 Å². The molecule has 2 saturated heterocycles. The largest absolute Gasteiger partial charge is 0.497 e. The van der Waals surface area contributed by atoms with Crippen molar-refractivity contribution < 1.29 is 19.2 Å². The van der Waals surface area contributed by atoms with E-state index in [1.54, 1.807) is 36.4 Å². The lowest BCUT2D eigenvalue weighted by atomic mass is 9.90. The van der Waals surface area contributed by atoms with Crippen LogP contribution < -0.4 is 14.7 Å². The van der Waals surface area contributed by atoms with E-state index in [2.05, 4.69) is 0 Å². The molecule has 2 aliphatic rings. The molecule has 3 atom stereocenters. The Morgan fingerprint density at radius 2 is 1.47 bits per heavy atom. The van der Waals surface area contributed by atoms with Gasteiger partial charge in [0.15, 0.2) is 6.10 Å². The van der Waals surface area contributed by atoms with Crippen LogP contribution in [0.1, 0.15) is 11.6 Å². The minimum absolute atomic E-state index is 0.262. The highest BCUT2D eigenvalue weighted by atomic mass is 16.7. The van der Waals surface area contributed by atoms with Gasteiger partial charge in [0.2, 0.25) is 5.91 Å². The molecule has 0 saturated carbocycles. The molecule has 2 fully saturated rings. The minimum Gasteiger partial charge on any atom is -0.497 e. The predicted octanol–water partition coefficient (Wildman–Crippen LogP) is 3.75. The fourth-order valence-electron chi connectivity index (χ4n) is 4.21. The van der Waals surface area contributed by atoms with Crippen LogP contribution in [0.4, 0.5) is 11.4 Å². The summed E-state index contributed by atoms with van der Waals surface area (Å²) in [4.78, 5) is 34.1. The third kappa shape index (κ3) is 2.84. The summed E-state index contributed by atoms with van der Waals surface area (Å²) in [5, 5.41) is 1.68. The van der Waals surface area contributed by atoms with E-state index >= 15 is 0 Å². The molecule has 2 heterocycles. The fraction of sp³-hybridized carbons (Fsp3) is 0.167. The van der Waals surface area contributed by atoms with Gasteiger partial charge in [0.1, 0.15) is 11.7 Å². The van der Waals surface area contributed by atoms with Gasteiger partial charge in [-0.3, -0.25) is 14.4 Å². The van der Waals surface area contributed by atoms with Crippen LogP contribution >= 0.6 is 0 Å². The summed E-state index contributed by atoms with van der Waals surface area (Å²) in [5.41, 5.74) is 2.19. The predicted molar refractivity (Wildman–Crippen MR) is 112 cm³/mol. The number of carbonyl (C=O) groups excluding carboxylic acids is 2. The minimum atomic E-state index is -0.880. The number of hydroxylamine groups is 1. The van der Waals surface area contributed by atoms with Crippen LogP contribution in [0, 0.1) is 5.92 Å². The van der Waals surface area contributed by atoms with Crippen LogP contribution in [0.5, 0.6) is 5.75 Å². The molecule has 6 nitrogen and oxygen atoms in total. The number of methoxy groups -OCH3 is 1. The number of hydrogen-bond donors (Lipinski definition) is 0. The zero-order valence-electron chi connectivity index (χ0n) is 16.3. The van der Waals surface area contributed by atoms with Crippen molar-refractivity contribution in [1.29, 1.82) is 0 Å². The first-order chi connectivity index (χ1) is 14.7. The van der Waals surface area contributed by atoms with Gasteiger partial charge in [-0.25, -0.2) is 9.96 Å². The highest BCUT2D eigenvalue weighted by Gasteiger charge is 2.60. The van der Waals surface area contributed by atoms with E-state index in [9.17, 15) is 9.59 Å². The molecule has 2 aliphatic heterocycles. The second-order valence-corrected chi connectivity index (χ2v) is 7.28. The molecule has 0 spiro atoms. The lowest BCUT2D eigenvalue weighted by molar-refractivity contribution is -0.126. The molecule has 150 valence electrons. The van der Waals surface area contributed by atoms with Crippen molar-refractivity contribution in [2.75, 3.05) is 17.1 Å². The quantitative estimate of drug-likeness (QED) is 0.625. The van der Waals surface area contributed by atoms with E-state index in [1.807, 2.05) is 60.7 Å². The van der Waals surface area contributed by atoms with Crippen molar-refractivity contribution in [3.05, 3.63) is 90.5 Å². The van der Waals surface area contributed by atoms with Gasteiger partial charge in [-0.2, -0.15) is 0 Å². The molecule has 0 bridgehead atoms. The first kappa shape index (κ1) is 18.4. The molecule has 0 aromatic heterocycles. The van der Waals surface area contributed by atoms with Gasteiger partial charge in [0.05, 0.1) is 24.5 Å². The van der Waals surface area contributed by atoms with Gasteiger partial charge in [-0.05, 0) is 42.0 Å². The number of anilines is 2. The van der Waals surface area contributed by atoms with Crippen LogP contribution in [0.2, 0.25) is 0 Å². The van der Waals surface area contributed by atoms with Gasteiger partial charge < -0.3 is 4.74 Å². The summed E-state index contributed by atoms with van der Waals surface area (Å²) in [6.45, 7) is 0. The number of rotatable bonds is 4. The monoisotopic (exact) mass is 400 g/mol. The summed E-state index contributed by atoms with van der Waals surface area (Å²) in [6, 6.07) is 25.6. The molecule has 6 heteroatoms. The first-order valence-electron chi connectivity index (χ1n) is 9.77. The summed E-state index contributed by atoms with van der Waals surface area (Å²) < 4.78 is 5.38. The summed E-state index contributed by atoms with van der Waals surface area (Å²) in [5.74, 6) is -0.587. The lowest BCUT2D eigenvalue weighted by Gasteiger charge is -2.29. The van der Waals surface area contributed by atoms with E-state index in [-0.39, 0.29) is 11.8 Å². The Morgan fingerprint density at radius 1 is 0.800 bits per heavy atom. The fourth-order valence-corrected chi connectivity index (χ4v) is 4.21. The Morgan fingerprint density at radius 3 is 2.13 bits per heavy atom. The average molecular weight is 400 g/mol.